The van der Waals surface area contributed by atoms with E-state index in [2.05, 4.69) is 88.4 Å². The Kier molecular flexibility index (Phi) is 9.93. The van der Waals surface area contributed by atoms with Crippen molar-refractivity contribution in [3.05, 3.63) is 116 Å². The summed E-state index contributed by atoms with van der Waals surface area (Å²) in [6.07, 6.45) is 2.64. The van der Waals surface area contributed by atoms with E-state index >= 15 is 0 Å². The average Bonchev–Trinajstić information content (AvgIpc) is 3.89. The lowest BCUT2D eigenvalue weighted by Gasteiger charge is -2.21. The third-order valence-corrected chi connectivity index (χ3v) is 9.63. The molecule has 4 aromatic carbocycles. The molecule has 4 aliphatic rings. The van der Waals surface area contributed by atoms with Crippen molar-refractivity contribution >= 4 is 0 Å². The monoisotopic (exact) mass is 692 g/mol. The van der Waals surface area contributed by atoms with Crippen LogP contribution in [0.15, 0.2) is 60.7 Å². The fourth-order valence-electron chi connectivity index (χ4n) is 6.72. The number of hydrogen-bond donors (Lipinski definition) is 0. The minimum Gasteiger partial charge on any atom is -0.490 e. The molecule has 8 rings (SSSR count). The van der Waals surface area contributed by atoms with Crippen molar-refractivity contribution < 1.29 is 37.9 Å². The Morgan fingerprint density at radius 1 is 0.412 bits per heavy atom. The van der Waals surface area contributed by atoms with Gasteiger partial charge in [0.05, 0.1) is 26.4 Å². The summed E-state index contributed by atoms with van der Waals surface area (Å²) in [4.78, 5) is 0. The highest BCUT2D eigenvalue weighted by Gasteiger charge is 2.28. The van der Waals surface area contributed by atoms with Gasteiger partial charge in [-0.15, -0.1) is 0 Å². The molecule has 0 saturated carbocycles. The third kappa shape index (κ3) is 9.24. The molecule has 0 aliphatic carbocycles. The molecule has 4 unspecified atom stereocenters. The van der Waals surface area contributed by atoms with Crippen LogP contribution in [0.3, 0.4) is 0 Å². The molecule has 4 fully saturated rings. The molecule has 8 heteroatoms. The molecule has 8 nitrogen and oxygen atoms in total. The van der Waals surface area contributed by atoms with Crippen molar-refractivity contribution in [2.45, 2.75) is 71.4 Å². The Morgan fingerprint density at radius 2 is 0.706 bits per heavy atom. The summed E-state index contributed by atoms with van der Waals surface area (Å²) in [5, 5.41) is 0. The summed E-state index contributed by atoms with van der Waals surface area (Å²) in [6.45, 7) is 13.7. The zero-order valence-corrected chi connectivity index (χ0v) is 30.1. The summed E-state index contributed by atoms with van der Waals surface area (Å²) in [5.74, 6) is 3.60. The molecule has 51 heavy (non-hydrogen) atoms. The van der Waals surface area contributed by atoms with E-state index in [-0.39, 0.29) is 24.4 Å². The quantitative estimate of drug-likeness (QED) is 0.105. The van der Waals surface area contributed by atoms with Gasteiger partial charge in [0, 0.05) is 19.3 Å². The summed E-state index contributed by atoms with van der Waals surface area (Å²) in [5.41, 5.74) is 11.5. The van der Waals surface area contributed by atoms with Crippen LogP contribution in [0.5, 0.6) is 23.0 Å². The van der Waals surface area contributed by atoms with E-state index in [4.69, 9.17) is 37.9 Å². The van der Waals surface area contributed by atoms with Gasteiger partial charge in [0.2, 0.25) is 0 Å². The molecule has 0 N–H and O–H groups in total. The maximum atomic E-state index is 6.68. The second kappa shape index (κ2) is 14.9. The normalized spacial score (nSPS) is 21.3. The van der Waals surface area contributed by atoms with Crippen LogP contribution in [0.2, 0.25) is 0 Å². The van der Waals surface area contributed by atoms with Crippen LogP contribution in [0.1, 0.15) is 55.6 Å². The Balaban J connectivity index is 1.14. The Hall–Kier alpha value is -4.08. The van der Waals surface area contributed by atoms with E-state index in [0.717, 1.165) is 82.8 Å². The van der Waals surface area contributed by atoms with Gasteiger partial charge in [0.25, 0.3) is 0 Å². The first-order valence-electron chi connectivity index (χ1n) is 18.2. The SMILES string of the molecule is Cc1ccc(OCC2CO2)c(Cc2cc(C)cc(Cc3cc(C)cc(Cc4cc(C)ccc4OCC4CO4)c3OCC3CO3)c2OCC2CO2)c1. The van der Waals surface area contributed by atoms with Crippen molar-refractivity contribution in [1.82, 2.24) is 0 Å². The van der Waals surface area contributed by atoms with Gasteiger partial charge in [-0.3, -0.25) is 0 Å². The van der Waals surface area contributed by atoms with Crippen molar-refractivity contribution in [2.75, 3.05) is 52.9 Å². The first kappa shape index (κ1) is 34.0. The molecular weight excluding hydrogens is 644 g/mol. The molecule has 4 atom stereocenters. The highest BCUT2D eigenvalue weighted by molar-refractivity contribution is 5.55. The predicted octanol–water partition coefficient (Wildman–Crippen LogP) is 6.80. The van der Waals surface area contributed by atoms with E-state index in [1.807, 2.05) is 0 Å². The Bertz CT molecular complexity index is 1730. The maximum Gasteiger partial charge on any atom is 0.126 e. The van der Waals surface area contributed by atoms with E-state index in [1.54, 1.807) is 0 Å². The first-order chi connectivity index (χ1) is 24.8. The molecule has 268 valence electrons. The zero-order valence-electron chi connectivity index (χ0n) is 30.1. The number of hydrogen-bond acceptors (Lipinski definition) is 8. The largest absolute Gasteiger partial charge is 0.490 e. The molecule has 0 bridgehead atoms. The van der Waals surface area contributed by atoms with Crippen molar-refractivity contribution in [3.63, 3.8) is 0 Å². The lowest BCUT2D eigenvalue weighted by Crippen LogP contribution is -2.12. The van der Waals surface area contributed by atoms with E-state index in [0.29, 0.717) is 45.7 Å². The van der Waals surface area contributed by atoms with Gasteiger partial charge in [-0.25, -0.2) is 0 Å². The van der Waals surface area contributed by atoms with Gasteiger partial charge >= 0.3 is 0 Å². The predicted molar refractivity (Wildman–Crippen MR) is 194 cm³/mol. The molecule has 4 saturated heterocycles. The fraction of sp³-hybridized carbons (Fsp3) is 0.442. The second-order valence-corrected chi connectivity index (χ2v) is 14.6. The van der Waals surface area contributed by atoms with Gasteiger partial charge in [-0.05, 0) is 73.2 Å². The minimum atomic E-state index is 0.128. The molecule has 0 aromatic heterocycles. The number of aryl methyl sites for hydroxylation is 4. The number of ether oxygens (including phenoxy) is 8. The van der Waals surface area contributed by atoms with Gasteiger partial charge in [-0.1, -0.05) is 70.8 Å². The van der Waals surface area contributed by atoms with Gasteiger partial charge in [0.1, 0.15) is 73.8 Å². The number of epoxide rings is 4. The van der Waals surface area contributed by atoms with Crippen LogP contribution in [0.4, 0.5) is 0 Å². The van der Waals surface area contributed by atoms with E-state index < -0.39 is 0 Å². The van der Waals surface area contributed by atoms with Crippen molar-refractivity contribution in [1.29, 1.82) is 0 Å². The fourth-order valence-corrected chi connectivity index (χ4v) is 6.72. The van der Waals surface area contributed by atoms with E-state index in [9.17, 15) is 0 Å². The molecule has 4 heterocycles. The lowest BCUT2D eigenvalue weighted by atomic mass is 9.91. The number of benzene rings is 4. The molecule has 4 aromatic rings. The summed E-state index contributed by atoms with van der Waals surface area (Å²) >= 11 is 0. The minimum absolute atomic E-state index is 0.128. The number of rotatable bonds is 18. The standard InChI is InChI=1S/C43H48O8/c1-26-5-7-40(48-22-36-18-44-36)30(9-26)15-32-11-28(3)13-34(42(32)50-24-38-20-46-38)17-35-14-29(4)12-33(43(35)51-25-39-21-47-39)16-31-10-27(2)6-8-41(31)49-23-37-19-45-37/h5-14,36-39H,15-25H2,1-4H3. The van der Waals surface area contributed by atoms with Crippen LogP contribution in [0, 0.1) is 27.7 Å². The molecule has 0 spiro atoms. The Morgan fingerprint density at radius 3 is 1.04 bits per heavy atom. The highest BCUT2D eigenvalue weighted by Crippen LogP contribution is 2.38. The molecule has 4 aliphatic heterocycles. The van der Waals surface area contributed by atoms with Crippen LogP contribution >= 0.6 is 0 Å². The van der Waals surface area contributed by atoms with E-state index in [1.165, 1.54) is 22.3 Å². The zero-order chi connectivity index (χ0) is 34.9. The average molecular weight is 693 g/mol. The van der Waals surface area contributed by atoms with Crippen LogP contribution in [-0.2, 0) is 38.2 Å². The topological polar surface area (TPSA) is 87.0 Å². The van der Waals surface area contributed by atoms with Crippen molar-refractivity contribution in [3.8, 4) is 23.0 Å². The molecular formula is C43H48O8. The third-order valence-electron chi connectivity index (χ3n) is 9.63. The van der Waals surface area contributed by atoms with Crippen LogP contribution in [0.25, 0.3) is 0 Å². The lowest BCUT2D eigenvalue weighted by molar-refractivity contribution is 0.256. The van der Waals surface area contributed by atoms with Crippen molar-refractivity contribution in [2.24, 2.45) is 0 Å². The van der Waals surface area contributed by atoms with Gasteiger partial charge < -0.3 is 37.9 Å². The smallest absolute Gasteiger partial charge is 0.126 e. The molecule has 0 amide bonds. The van der Waals surface area contributed by atoms with Crippen LogP contribution < -0.4 is 18.9 Å². The summed E-state index contributed by atoms with van der Waals surface area (Å²) in [7, 11) is 0. The van der Waals surface area contributed by atoms with Gasteiger partial charge in [-0.2, -0.15) is 0 Å². The first-order valence-corrected chi connectivity index (χ1v) is 18.2. The van der Waals surface area contributed by atoms with Gasteiger partial charge in [0.15, 0.2) is 0 Å². The maximum absolute atomic E-state index is 6.68. The summed E-state index contributed by atoms with van der Waals surface area (Å²) in [6, 6.07) is 21.8. The second-order valence-electron chi connectivity index (χ2n) is 14.6. The molecule has 0 radical (unpaired) electrons. The van der Waals surface area contributed by atoms with Crippen LogP contribution in [-0.4, -0.2) is 77.3 Å². The Labute approximate surface area is 300 Å². The summed E-state index contributed by atoms with van der Waals surface area (Å²) < 4.78 is 47.9. The highest BCUT2D eigenvalue weighted by atomic mass is 16.6.